The first-order valence-electron chi connectivity index (χ1n) is 9.03. The van der Waals surface area contributed by atoms with Crippen molar-refractivity contribution in [2.24, 2.45) is 5.73 Å². The van der Waals surface area contributed by atoms with Gasteiger partial charge in [-0.25, -0.2) is 23.7 Å². The molecule has 3 aromatic heterocycles. The molecular weight excluding hydrogens is 392 g/mol. The molecule has 1 amide bonds. The molecule has 0 radical (unpaired) electrons. The monoisotopic (exact) mass is 409 g/mol. The molecule has 0 atom stereocenters. The first-order chi connectivity index (χ1) is 14.3. The minimum Gasteiger partial charge on any atom is -0.485 e. The molecule has 1 aromatic carbocycles. The van der Waals surface area contributed by atoms with E-state index in [1.807, 2.05) is 13.1 Å². The van der Waals surface area contributed by atoms with E-state index < -0.39 is 17.5 Å². The summed E-state index contributed by atoms with van der Waals surface area (Å²) in [6, 6.07) is 6.80. The highest BCUT2D eigenvalue weighted by molar-refractivity contribution is 5.91. The van der Waals surface area contributed by atoms with Gasteiger partial charge in [0.05, 0.1) is 11.3 Å². The molecule has 3 heterocycles. The summed E-state index contributed by atoms with van der Waals surface area (Å²) in [6.45, 7) is 3.31. The molecule has 0 saturated carbocycles. The molecule has 0 unspecified atom stereocenters. The Balaban J connectivity index is 1.79. The molecule has 0 aliphatic carbocycles. The lowest BCUT2D eigenvalue weighted by molar-refractivity contribution is 0.0995. The third-order valence-electron chi connectivity index (χ3n) is 4.55. The standard InChI is InChI=1S/C21H17F2N5O2/c1-11-8-17(30-10-13-14(22)4-3-5-15(13)23)21-26-12(2)18(28(21)9-11)20-25-7-6-16(27-20)19(24)29/h3-9H,10H2,1-2H3,(H2,24,29). The van der Waals surface area contributed by atoms with E-state index in [0.717, 1.165) is 5.56 Å². The largest absolute Gasteiger partial charge is 0.485 e. The quantitative estimate of drug-likeness (QED) is 0.545. The number of imidazole rings is 1. The number of primary amides is 1. The van der Waals surface area contributed by atoms with Crippen molar-refractivity contribution >= 4 is 11.6 Å². The summed E-state index contributed by atoms with van der Waals surface area (Å²) in [5.41, 5.74) is 7.62. The maximum atomic E-state index is 13.9. The van der Waals surface area contributed by atoms with Gasteiger partial charge < -0.3 is 10.5 Å². The van der Waals surface area contributed by atoms with Crippen molar-refractivity contribution in [1.82, 2.24) is 19.4 Å². The van der Waals surface area contributed by atoms with E-state index in [9.17, 15) is 13.6 Å². The fourth-order valence-corrected chi connectivity index (χ4v) is 3.16. The van der Waals surface area contributed by atoms with Crippen LogP contribution in [0.15, 0.2) is 42.7 Å². The van der Waals surface area contributed by atoms with Crippen LogP contribution in [0.1, 0.15) is 27.3 Å². The molecule has 0 saturated heterocycles. The van der Waals surface area contributed by atoms with E-state index in [1.54, 1.807) is 17.4 Å². The second-order valence-electron chi connectivity index (χ2n) is 6.74. The molecule has 30 heavy (non-hydrogen) atoms. The van der Waals surface area contributed by atoms with Gasteiger partial charge in [-0.15, -0.1) is 0 Å². The van der Waals surface area contributed by atoms with Crippen LogP contribution in [-0.4, -0.2) is 25.3 Å². The van der Waals surface area contributed by atoms with Gasteiger partial charge in [0.15, 0.2) is 17.2 Å². The molecule has 7 nitrogen and oxygen atoms in total. The van der Waals surface area contributed by atoms with Crippen LogP contribution >= 0.6 is 0 Å². The van der Waals surface area contributed by atoms with Crippen LogP contribution in [0.4, 0.5) is 8.78 Å². The van der Waals surface area contributed by atoms with Gasteiger partial charge in [0, 0.05) is 12.4 Å². The van der Waals surface area contributed by atoms with Crippen LogP contribution in [-0.2, 0) is 6.61 Å². The number of fused-ring (bicyclic) bond motifs is 1. The Morgan fingerprint density at radius 3 is 2.60 bits per heavy atom. The normalized spacial score (nSPS) is 11.1. The van der Waals surface area contributed by atoms with Gasteiger partial charge in [0.25, 0.3) is 5.91 Å². The highest BCUT2D eigenvalue weighted by Crippen LogP contribution is 2.29. The lowest BCUT2D eigenvalue weighted by atomic mass is 10.2. The minimum absolute atomic E-state index is 0.0773. The van der Waals surface area contributed by atoms with Crippen LogP contribution < -0.4 is 10.5 Å². The second kappa shape index (κ2) is 7.51. The van der Waals surface area contributed by atoms with Gasteiger partial charge in [-0.3, -0.25) is 9.20 Å². The number of aryl methyl sites for hydroxylation is 2. The first kappa shape index (κ1) is 19.4. The van der Waals surface area contributed by atoms with Gasteiger partial charge in [-0.1, -0.05) is 6.07 Å². The lowest BCUT2D eigenvalue weighted by Crippen LogP contribution is -2.14. The fourth-order valence-electron chi connectivity index (χ4n) is 3.16. The van der Waals surface area contributed by atoms with Gasteiger partial charge in [0.1, 0.15) is 29.6 Å². The predicted octanol–water partition coefficient (Wildman–Crippen LogP) is 3.36. The van der Waals surface area contributed by atoms with Gasteiger partial charge in [-0.2, -0.15) is 0 Å². The fraction of sp³-hybridized carbons (Fsp3) is 0.143. The molecule has 0 bridgehead atoms. The molecule has 4 rings (SSSR count). The third kappa shape index (κ3) is 3.45. The zero-order valence-electron chi connectivity index (χ0n) is 16.2. The van der Waals surface area contributed by atoms with Crippen LogP contribution in [0.3, 0.4) is 0 Å². The Morgan fingerprint density at radius 1 is 1.17 bits per heavy atom. The summed E-state index contributed by atoms with van der Waals surface area (Å²) in [5.74, 6) is -1.42. The minimum atomic E-state index is -0.685. The molecular formula is C21H17F2N5O2. The number of rotatable bonds is 5. The Hall–Kier alpha value is -3.88. The molecule has 0 aliphatic heterocycles. The number of amides is 1. The maximum Gasteiger partial charge on any atom is 0.267 e. The van der Waals surface area contributed by atoms with Crippen LogP contribution in [0.2, 0.25) is 0 Å². The molecule has 9 heteroatoms. The highest BCUT2D eigenvalue weighted by atomic mass is 19.1. The van der Waals surface area contributed by atoms with E-state index in [2.05, 4.69) is 15.0 Å². The molecule has 4 aromatic rings. The number of carbonyl (C=O) groups excluding carboxylic acids is 1. The van der Waals surface area contributed by atoms with Crippen LogP contribution in [0.25, 0.3) is 17.2 Å². The topological polar surface area (TPSA) is 95.4 Å². The number of nitrogens with two attached hydrogens (primary N) is 1. The highest BCUT2D eigenvalue weighted by Gasteiger charge is 2.19. The summed E-state index contributed by atoms with van der Waals surface area (Å²) in [6.07, 6.45) is 3.25. The molecule has 0 aliphatic rings. The number of ether oxygens (including phenoxy) is 1. The molecule has 152 valence electrons. The Morgan fingerprint density at radius 2 is 1.90 bits per heavy atom. The second-order valence-corrected chi connectivity index (χ2v) is 6.74. The Bertz CT molecular complexity index is 1270. The first-order valence-corrected chi connectivity index (χ1v) is 9.03. The number of carbonyl (C=O) groups is 1. The molecule has 0 spiro atoms. The number of aromatic nitrogens is 4. The third-order valence-corrected chi connectivity index (χ3v) is 4.55. The number of nitrogens with zero attached hydrogens (tertiary/aromatic N) is 4. The Kier molecular flexibility index (Phi) is 4.86. The summed E-state index contributed by atoms with van der Waals surface area (Å²) in [4.78, 5) is 24.4. The van der Waals surface area contributed by atoms with Crippen molar-refractivity contribution < 1.29 is 18.3 Å². The van der Waals surface area contributed by atoms with Crippen molar-refractivity contribution in [2.45, 2.75) is 20.5 Å². The average molecular weight is 409 g/mol. The van der Waals surface area contributed by atoms with E-state index in [4.69, 9.17) is 10.5 Å². The van der Waals surface area contributed by atoms with Crippen LogP contribution in [0, 0.1) is 25.5 Å². The lowest BCUT2D eigenvalue weighted by Gasteiger charge is -2.11. The van der Waals surface area contributed by atoms with E-state index in [-0.39, 0.29) is 23.7 Å². The number of benzene rings is 1. The summed E-state index contributed by atoms with van der Waals surface area (Å²) in [7, 11) is 0. The Labute approximate surface area is 170 Å². The molecule has 2 N–H and O–H groups in total. The van der Waals surface area contributed by atoms with Crippen molar-refractivity contribution in [1.29, 1.82) is 0 Å². The van der Waals surface area contributed by atoms with E-state index >= 15 is 0 Å². The van der Waals surface area contributed by atoms with Gasteiger partial charge in [0.2, 0.25) is 0 Å². The summed E-state index contributed by atoms with van der Waals surface area (Å²) < 4.78 is 35.3. The number of hydrogen-bond donors (Lipinski definition) is 1. The van der Waals surface area contributed by atoms with E-state index in [1.165, 1.54) is 30.5 Å². The maximum absolute atomic E-state index is 13.9. The van der Waals surface area contributed by atoms with E-state index in [0.29, 0.717) is 22.8 Å². The van der Waals surface area contributed by atoms with Crippen molar-refractivity contribution in [3.63, 3.8) is 0 Å². The van der Waals surface area contributed by atoms with Gasteiger partial charge >= 0.3 is 0 Å². The number of pyridine rings is 1. The average Bonchev–Trinajstić information content (AvgIpc) is 3.03. The summed E-state index contributed by atoms with van der Waals surface area (Å²) >= 11 is 0. The van der Waals surface area contributed by atoms with Crippen molar-refractivity contribution in [3.05, 3.63) is 76.9 Å². The van der Waals surface area contributed by atoms with Crippen molar-refractivity contribution in [2.75, 3.05) is 0 Å². The van der Waals surface area contributed by atoms with Gasteiger partial charge in [-0.05, 0) is 43.7 Å². The number of hydrogen-bond acceptors (Lipinski definition) is 5. The van der Waals surface area contributed by atoms with Crippen molar-refractivity contribution in [3.8, 4) is 17.3 Å². The smallest absolute Gasteiger partial charge is 0.267 e. The number of halogens is 2. The summed E-state index contributed by atoms with van der Waals surface area (Å²) in [5, 5.41) is 0. The predicted molar refractivity (Wildman–Crippen MR) is 105 cm³/mol. The van der Waals surface area contributed by atoms with Crippen LogP contribution in [0.5, 0.6) is 5.75 Å². The zero-order valence-corrected chi connectivity index (χ0v) is 16.2. The SMILES string of the molecule is Cc1cc(OCc2c(F)cccc2F)c2nc(C)c(-c3nccc(C(N)=O)n3)n2c1. The zero-order chi connectivity index (χ0) is 21.4. The molecule has 0 fully saturated rings.